The molecule has 2 rings (SSSR count). The van der Waals surface area contributed by atoms with Crippen LogP contribution in [0.3, 0.4) is 0 Å². The number of alkyl halides is 2. The number of likely N-dealkylation sites (tertiary alicyclic amines) is 2. The van der Waals surface area contributed by atoms with Crippen LogP contribution in [0, 0.1) is 0 Å². The fourth-order valence-corrected chi connectivity index (χ4v) is 5.26. The van der Waals surface area contributed by atoms with Crippen molar-refractivity contribution in [2.45, 2.75) is 51.7 Å². The van der Waals surface area contributed by atoms with Crippen LogP contribution in [-0.2, 0) is 4.74 Å². The molecular formula is C15H28I2N2O2. The number of nitrogens with zero attached hydrogens (tertiary/aromatic N) is 2. The molecule has 0 radical (unpaired) electrons. The minimum absolute atomic E-state index is 0.368. The lowest BCUT2D eigenvalue weighted by molar-refractivity contribution is -0.00536. The molecule has 124 valence electrons. The number of rotatable bonds is 5. The monoisotopic (exact) mass is 522 g/mol. The standard InChI is InChI=1S/C15H28I2N2O2/c1-18-5-3-11(16)7-14(18)15-8-12(17)4-6-19(15)9-13(20)10-21-2/h11-15,20H,3-10H2,1-2H3. The number of likely N-dealkylation sites (N-methyl/N-ethyl adjacent to an activating group) is 1. The lowest BCUT2D eigenvalue weighted by Crippen LogP contribution is -2.58. The minimum Gasteiger partial charge on any atom is -0.389 e. The molecule has 2 aliphatic heterocycles. The second kappa shape index (κ2) is 8.96. The van der Waals surface area contributed by atoms with Gasteiger partial charge in [-0.3, -0.25) is 4.90 Å². The van der Waals surface area contributed by atoms with Gasteiger partial charge in [0.05, 0.1) is 12.7 Å². The fourth-order valence-electron chi connectivity index (χ4n) is 3.66. The molecule has 0 saturated carbocycles. The highest BCUT2D eigenvalue weighted by Crippen LogP contribution is 2.33. The van der Waals surface area contributed by atoms with Gasteiger partial charge in [0.1, 0.15) is 0 Å². The van der Waals surface area contributed by atoms with E-state index in [1.54, 1.807) is 7.11 Å². The van der Waals surface area contributed by atoms with Crippen LogP contribution >= 0.6 is 45.2 Å². The molecule has 0 bridgehead atoms. The molecule has 0 amide bonds. The van der Waals surface area contributed by atoms with Gasteiger partial charge in [-0.2, -0.15) is 0 Å². The van der Waals surface area contributed by atoms with Crippen molar-refractivity contribution in [3.05, 3.63) is 0 Å². The van der Waals surface area contributed by atoms with Crippen molar-refractivity contribution in [1.29, 1.82) is 0 Å². The molecule has 0 aromatic carbocycles. The molecule has 5 atom stereocenters. The summed E-state index contributed by atoms with van der Waals surface area (Å²) in [6.07, 6.45) is 4.70. The molecule has 4 nitrogen and oxygen atoms in total. The summed E-state index contributed by atoms with van der Waals surface area (Å²) in [5.74, 6) is 0. The second-order valence-corrected chi connectivity index (χ2v) is 9.99. The first-order chi connectivity index (χ1) is 10.0. The highest BCUT2D eigenvalue weighted by molar-refractivity contribution is 14.1. The summed E-state index contributed by atoms with van der Waals surface area (Å²) < 4.78 is 6.66. The van der Waals surface area contributed by atoms with Crippen LogP contribution in [-0.4, -0.2) is 81.3 Å². The summed E-state index contributed by atoms with van der Waals surface area (Å²) >= 11 is 5.22. The van der Waals surface area contributed by atoms with Gasteiger partial charge >= 0.3 is 0 Å². The Morgan fingerprint density at radius 3 is 2.43 bits per heavy atom. The first-order valence-corrected chi connectivity index (χ1v) is 10.4. The first-order valence-electron chi connectivity index (χ1n) is 7.90. The van der Waals surface area contributed by atoms with Gasteiger partial charge in [-0.25, -0.2) is 0 Å². The largest absolute Gasteiger partial charge is 0.389 e. The summed E-state index contributed by atoms with van der Waals surface area (Å²) in [6.45, 7) is 3.49. The smallest absolute Gasteiger partial charge is 0.0900 e. The molecule has 0 aromatic rings. The summed E-state index contributed by atoms with van der Waals surface area (Å²) in [5, 5.41) is 10.1. The van der Waals surface area contributed by atoms with Gasteiger partial charge in [0.25, 0.3) is 0 Å². The number of hydrogen-bond donors (Lipinski definition) is 1. The number of methoxy groups -OCH3 is 1. The van der Waals surface area contributed by atoms with Gasteiger partial charge < -0.3 is 14.7 Å². The minimum atomic E-state index is -0.368. The lowest BCUT2D eigenvalue weighted by Gasteiger charge is -2.48. The number of aliphatic hydroxyl groups is 1. The van der Waals surface area contributed by atoms with Gasteiger partial charge in [-0.1, -0.05) is 45.2 Å². The Labute approximate surface area is 156 Å². The Hall–Kier alpha value is 1.30. The number of ether oxygens (including phenoxy) is 1. The van der Waals surface area contributed by atoms with Crippen molar-refractivity contribution in [1.82, 2.24) is 9.80 Å². The average Bonchev–Trinajstić information content (AvgIpc) is 2.44. The Morgan fingerprint density at radius 2 is 1.76 bits per heavy atom. The lowest BCUT2D eigenvalue weighted by atomic mass is 9.89. The fraction of sp³-hybridized carbons (Fsp3) is 1.00. The highest BCUT2D eigenvalue weighted by Gasteiger charge is 2.38. The van der Waals surface area contributed by atoms with Crippen molar-refractivity contribution < 1.29 is 9.84 Å². The van der Waals surface area contributed by atoms with Crippen LogP contribution in [0.1, 0.15) is 25.7 Å². The van der Waals surface area contributed by atoms with E-state index in [0.29, 0.717) is 18.7 Å². The zero-order chi connectivity index (χ0) is 15.4. The molecular weight excluding hydrogens is 494 g/mol. The summed E-state index contributed by atoms with van der Waals surface area (Å²) in [4.78, 5) is 5.07. The summed E-state index contributed by atoms with van der Waals surface area (Å²) in [5.41, 5.74) is 0. The highest BCUT2D eigenvalue weighted by atomic mass is 127. The predicted octanol–water partition coefficient (Wildman–Crippen LogP) is 2.16. The molecule has 5 unspecified atom stereocenters. The van der Waals surface area contributed by atoms with Crippen LogP contribution in [0.4, 0.5) is 0 Å². The number of halogens is 2. The van der Waals surface area contributed by atoms with Gasteiger partial charge in [0, 0.05) is 33.6 Å². The molecule has 2 aliphatic rings. The number of piperidine rings is 2. The van der Waals surface area contributed by atoms with Crippen LogP contribution in [0.25, 0.3) is 0 Å². The molecule has 21 heavy (non-hydrogen) atoms. The normalized spacial score (nSPS) is 37.6. The van der Waals surface area contributed by atoms with E-state index in [4.69, 9.17) is 4.74 Å². The molecule has 6 heteroatoms. The van der Waals surface area contributed by atoms with E-state index in [0.717, 1.165) is 20.9 Å². The maximum atomic E-state index is 10.1. The third-order valence-corrected chi connectivity index (χ3v) is 7.07. The first kappa shape index (κ1) is 18.6. The van der Waals surface area contributed by atoms with Gasteiger partial charge in [-0.05, 0) is 45.8 Å². The number of hydrogen-bond acceptors (Lipinski definition) is 4. The van der Waals surface area contributed by atoms with Crippen molar-refractivity contribution in [2.24, 2.45) is 0 Å². The third-order valence-electron chi connectivity index (χ3n) is 4.80. The molecule has 0 aromatic heterocycles. The third kappa shape index (κ3) is 5.41. The zero-order valence-electron chi connectivity index (χ0n) is 13.0. The Balaban J connectivity index is 2.03. The maximum Gasteiger partial charge on any atom is 0.0900 e. The van der Waals surface area contributed by atoms with E-state index in [1.165, 1.54) is 32.2 Å². The summed E-state index contributed by atoms with van der Waals surface area (Å²) in [7, 11) is 3.93. The van der Waals surface area contributed by atoms with Gasteiger partial charge in [0.15, 0.2) is 0 Å². The van der Waals surface area contributed by atoms with E-state index in [2.05, 4.69) is 62.0 Å². The van der Waals surface area contributed by atoms with Gasteiger partial charge in [0.2, 0.25) is 0 Å². The molecule has 1 N–H and O–H groups in total. The molecule has 0 aliphatic carbocycles. The van der Waals surface area contributed by atoms with Crippen LogP contribution < -0.4 is 0 Å². The SMILES string of the molecule is COCC(O)CN1CCC(I)CC1C1CC(I)CCN1C. The molecule has 2 saturated heterocycles. The number of aliphatic hydroxyl groups excluding tert-OH is 1. The topological polar surface area (TPSA) is 35.9 Å². The van der Waals surface area contributed by atoms with E-state index in [-0.39, 0.29) is 6.10 Å². The van der Waals surface area contributed by atoms with Crippen molar-refractivity contribution in [3.8, 4) is 0 Å². The Bertz CT molecular complexity index is 322. The van der Waals surface area contributed by atoms with Crippen molar-refractivity contribution in [3.63, 3.8) is 0 Å². The Morgan fingerprint density at radius 1 is 1.14 bits per heavy atom. The summed E-state index contributed by atoms with van der Waals surface area (Å²) in [6, 6.07) is 1.21. The van der Waals surface area contributed by atoms with Crippen LogP contribution in [0.5, 0.6) is 0 Å². The molecule has 2 fully saturated rings. The number of β-amino-alcohol motifs (C(OH)–C–C–N with tert-alkyl or cyclic N) is 1. The molecule has 2 heterocycles. The van der Waals surface area contributed by atoms with E-state index < -0.39 is 0 Å². The van der Waals surface area contributed by atoms with Crippen LogP contribution in [0.2, 0.25) is 0 Å². The Kier molecular flexibility index (Phi) is 7.95. The quantitative estimate of drug-likeness (QED) is 0.444. The van der Waals surface area contributed by atoms with E-state index >= 15 is 0 Å². The average molecular weight is 522 g/mol. The van der Waals surface area contributed by atoms with E-state index in [9.17, 15) is 5.11 Å². The second-order valence-electron chi connectivity index (χ2n) is 6.46. The van der Waals surface area contributed by atoms with E-state index in [1.807, 2.05) is 0 Å². The predicted molar refractivity (Wildman–Crippen MR) is 104 cm³/mol. The van der Waals surface area contributed by atoms with Gasteiger partial charge in [-0.15, -0.1) is 0 Å². The zero-order valence-corrected chi connectivity index (χ0v) is 17.4. The van der Waals surface area contributed by atoms with Crippen molar-refractivity contribution in [2.75, 3.05) is 40.4 Å². The van der Waals surface area contributed by atoms with Crippen LogP contribution in [0.15, 0.2) is 0 Å². The maximum absolute atomic E-state index is 10.1. The van der Waals surface area contributed by atoms with Crippen molar-refractivity contribution >= 4 is 45.2 Å². The molecule has 0 spiro atoms.